The van der Waals surface area contributed by atoms with Crippen LogP contribution in [-0.4, -0.2) is 16.3 Å². The van der Waals surface area contributed by atoms with E-state index in [9.17, 15) is 0 Å². The minimum atomic E-state index is 0.652. The summed E-state index contributed by atoms with van der Waals surface area (Å²) in [7, 11) is 0. The standard InChI is InChI=1S/C15H27N3/c1-3-14-10-15(18(4-2)17-14)9-13(11-16)12-7-5-6-8-12/h10,12-13H,3-9,11,16H2,1-2H3. The van der Waals surface area contributed by atoms with Gasteiger partial charge in [-0.05, 0) is 44.2 Å². The Hall–Kier alpha value is -0.830. The van der Waals surface area contributed by atoms with Gasteiger partial charge in [-0.2, -0.15) is 5.10 Å². The lowest BCUT2D eigenvalue weighted by atomic mass is 9.87. The molecule has 0 radical (unpaired) electrons. The molecule has 1 atom stereocenters. The number of aryl methyl sites for hydroxylation is 2. The van der Waals surface area contributed by atoms with Crippen molar-refractivity contribution < 1.29 is 0 Å². The highest BCUT2D eigenvalue weighted by atomic mass is 15.3. The van der Waals surface area contributed by atoms with Crippen molar-refractivity contribution in [2.24, 2.45) is 17.6 Å². The number of nitrogens with two attached hydrogens (primary N) is 1. The Morgan fingerprint density at radius 2 is 2.11 bits per heavy atom. The van der Waals surface area contributed by atoms with Crippen LogP contribution in [0.15, 0.2) is 6.07 Å². The third kappa shape index (κ3) is 2.94. The molecule has 0 aliphatic heterocycles. The van der Waals surface area contributed by atoms with Crippen LogP contribution >= 0.6 is 0 Å². The Bertz CT molecular complexity index is 364. The van der Waals surface area contributed by atoms with Crippen molar-refractivity contribution in [2.75, 3.05) is 6.54 Å². The Labute approximate surface area is 111 Å². The summed E-state index contributed by atoms with van der Waals surface area (Å²) in [5.41, 5.74) is 8.60. The van der Waals surface area contributed by atoms with Crippen LogP contribution in [0.3, 0.4) is 0 Å². The molecular formula is C15H27N3. The fourth-order valence-corrected chi connectivity index (χ4v) is 3.27. The highest BCUT2D eigenvalue weighted by molar-refractivity contribution is 5.11. The van der Waals surface area contributed by atoms with E-state index in [1.165, 1.54) is 37.1 Å². The van der Waals surface area contributed by atoms with Crippen molar-refractivity contribution in [1.29, 1.82) is 0 Å². The molecule has 0 amide bonds. The SMILES string of the molecule is CCc1cc(CC(CN)C2CCCC2)n(CC)n1. The van der Waals surface area contributed by atoms with E-state index in [-0.39, 0.29) is 0 Å². The molecule has 1 aliphatic carbocycles. The second-order valence-corrected chi connectivity index (χ2v) is 5.54. The summed E-state index contributed by atoms with van der Waals surface area (Å²) in [6.07, 6.45) is 7.69. The van der Waals surface area contributed by atoms with E-state index in [0.717, 1.165) is 31.8 Å². The van der Waals surface area contributed by atoms with Gasteiger partial charge in [0.25, 0.3) is 0 Å². The lowest BCUT2D eigenvalue weighted by molar-refractivity contribution is 0.337. The van der Waals surface area contributed by atoms with Gasteiger partial charge in [-0.25, -0.2) is 0 Å². The van der Waals surface area contributed by atoms with Crippen LogP contribution < -0.4 is 5.73 Å². The predicted octanol–water partition coefficient (Wildman–Crippen LogP) is 2.77. The monoisotopic (exact) mass is 249 g/mol. The van der Waals surface area contributed by atoms with Gasteiger partial charge in [0, 0.05) is 12.2 Å². The van der Waals surface area contributed by atoms with E-state index in [1.54, 1.807) is 0 Å². The van der Waals surface area contributed by atoms with Gasteiger partial charge < -0.3 is 5.73 Å². The van der Waals surface area contributed by atoms with Crippen molar-refractivity contribution in [3.63, 3.8) is 0 Å². The molecule has 1 aromatic rings. The van der Waals surface area contributed by atoms with Crippen LogP contribution in [0.5, 0.6) is 0 Å². The summed E-state index contributed by atoms with van der Waals surface area (Å²) < 4.78 is 2.16. The molecule has 1 aromatic heterocycles. The molecule has 0 saturated heterocycles. The third-order valence-corrected chi connectivity index (χ3v) is 4.42. The van der Waals surface area contributed by atoms with E-state index in [1.807, 2.05) is 0 Å². The lowest BCUT2D eigenvalue weighted by Gasteiger charge is -2.21. The molecule has 0 aromatic carbocycles. The minimum Gasteiger partial charge on any atom is -0.330 e. The number of rotatable bonds is 6. The van der Waals surface area contributed by atoms with Crippen LogP contribution in [0.25, 0.3) is 0 Å². The molecule has 2 rings (SSSR count). The maximum atomic E-state index is 6.00. The van der Waals surface area contributed by atoms with Crippen LogP contribution in [-0.2, 0) is 19.4 Å². The average Bonchev–Trinajstić information content (AvgIpc) is 3.04. The molecule has 2 N–H and O–H groups in total. The van der Waals surface area contributed by atoms with Crippen molar-refractivity contribution in [1.82, 2.24) is 9.78 Å². The Morgan fingerprint density at radius 1 is 1.39 bits per heavy atom. The Kier molecular flexibility index (Phi) is 4.81. The molecule has 0 spiro atoms. The Balaban J connectivity index is 2.07. The van der Waals surface area contributed by atoms with Gasteiger partial charge in [0.2, 0.25) is 0 Å². The first-order chi connectivity index (χ1) is 8.78. The van der Waals surface area contributed by atoms with Crippen molar-refractivity contribution in [3.05, 3.63) is 17.5 Å². The van der Waals surface area contributed by atoms with Crippen molar-refractivity contribution >= 4 is 0 Å². The first kappa shape index (κ1) is 13.6. The number of hydrogen-bond acceptors (Lipinski definition) is 2. The number of hydrogen-bond donors (Lipinski definition) is 1. The summed E-state index contributed by atoms with van der Waals surface area (Å²) in [6, 6.07) is 2.28. The highest BCUT2D eigenvalue weighted by Crippen LogP contribution is 2.32. The van der Waals surface area contributed by atoms with E-state index in [0.29, 0.717) is 5.92 Å². The van der Waals surface area contributed by atoms with Crippen molar-refractivity contribution in [2.45, 2.75) is 58.9 Å². The van der Waals surface area contributed by atoms with Crippen molar-refractivity contribution in [3.8, 4) is 0 Å². The first-order valence-corrected chi connectivity index (χ1v) is 7.54. The quantitative estimate of drug-likeness (QED) is 0.842. The maximum absolute atomic E-state index is 6.00. The molecule has 1 fully saturated rings. The largest absolute Gasteiger partial charge is 0.330 e. The van der Waals surface area contributed by atoms with E-state index < -0.39 is 0 Å². The van der Waals surface area contributed by atoms with Gasteiger partial charge in [-0.1, -0.05) is 32.6 Å². The molecule has 3 heteroatoms. The van der Waals surface area contributed by atoms with Crippen LogP contribution in [0.4, 0.5) is 0 Å². The zero-order chi connectivity index (χ0) is 13.0. The Morgan fingerprint density at radius 3 is 2.67 bits per heavy atom. The molecular weight excluding hydrogens is 222 g/mol. The molecule has 1 unspecified atom stereocenters. The van der Waals surface area contributed by atoms with E-state index >= 15 is 0 Å². The van der Waals surface area contributed by atoms with Gasteiger partial charge in [0.05, 0.1) is 5.69 Å². The average molecular weight is 249 g/mol. The fourth-order valence-electron chi connectivity index (χ4n) is 3.27. The van der Waals surface area contributed by atoms with E-state index in [2.05, 4.69) is 29.7 Å². The molecule has 102 valence electrons. The molecule has 1 aliphatic rings. The lowest BCUT2D eigenvalue weighted by Crippen LogP contribution is -2.25. The normalized spacial score (nSPS) is 18.4. The zero-order valence-electron chi connectivity index (χ0n) is 11.9. The van der Waals surface area contributed by atoms with Crippen LogP contribution in [0.2, 0.25) is 0 Å². The van der Waals surface area contributed by atoms with Gasteiger partial charge in [-0.3, -0.25) is 4.68 Å². The smallest absolute Gasteiger partial charge is 0.0624 e. The van der Waals surface area contributed by atoms with E-state index in [4.69, 9.17) is 5.73 Å². The molecule has 3 nitrogen and oxygen atoms in total. The molecule has 18 heavy (non-hydrogen) atoms. The van der Waals surface area contributed by atoms with Gasteiger partial charge in [0.15, 0.2) is 0 Å². The summed E-state index contributed by atoms with van der Waals surface area (Å²) in [5, 5.41) is 4.64. The third-order valence-electron chi connectivity index (χ3n) is 4.42. The number of nitrogens with zero attached hydrogens (tertiary/aromatic N) is 2. The summed E-state index contributed by atoms with van der Waals surface area (Å²) in [4.78, 5) is 0. The van der Waals surface area contributed by atoms with Crippen LogP contribution in [0.1, 0.15) is 50.9 Å². The predicted molar refractivity (Wildman–Crippen MR) is 75.5 cm³/mol. The summed E-state index contributed by atoms with van der Waals surface area (Å²) >= 11 is 0. The summed E-state index contributed by atoms with van der Waals surface area (Å²) in [6.45, 7) is 6.13. The zero-order valence-corrected chi connectivity index (χ0v) is 11.9. The first-order valence-electron chi connectivity index (χ1n) is 7.54. The second-order valence-electron chi connectivity index (χ2n) is 5.54. The maximum Gasteiger partial charge on any atom is 0.0624 e. The molecule has 1 saturated carbocycles. The highest BCUT2D eigenvalue weighted by Gasteiger charge is 2.25. The molecule has 1 heterocycles. The fraction of sp³-hybridized carbons (Fsp3) is 0.800. The van der Waals surface area contributed by atoms with Crippen LogP contribution in [0, 0.1) is 11.8 Å². The topological polar surface area (TPSA) is 43.8 Å². The molecule has 0 bridgehead atoms. The van der Waals surface area contributed by atoms with Gasteiger partial charge in [-0.15, -0.1) is 0 Å². The minimum absolute atomic E-state index is 0.652. The second kappa shape index (κ2) is 6.37. The van der Waals surface area contributed by atoms with Gasteiger partial charge >= 0.3 is 0 Å². The number of aromatic nitrogens is 2. The summed E-state index contributed by atoms with van der Waals surface area (Å²) in [5.74, 6) is 1.50. The van der Waals surface area contributed by atoms with Gasteiger partial charge in [0.1, 0.15) is 0 Å².